The summed E-state index contributed by atoms with van der Waals surface area (Å²) in [6.45, 7) is 4.88. The van der Waals surface area contributed by atoms with Crippen molar-refractivity contribution in [2.24, 2.45) is 0 Å². The standard InChI is InChI=1S/C16H32BrN/c1-2-3-4-5-6-7-10-14-18(15-13-17)16-11-8-9-12-16/h16H,2-15H2,1H3. The van der Waals surface area contributed by atoms with Crippen LogP contribution in [0.4, 0.5) is 0 Å². The highest BCUT2D eigenvalue weighted by atomic mass is 79.9. The first-order chi connectivity index (χ1) is 8.88. The number of hydrogen-bond acceptors (Lipinski definition) is 1. The Bertz CT molecular complexity index is 178. The van der Waals surface area contributed by atoms with Gasteiger partial charge in [-0.05, 0) is 25.8 Å². The van der Waals surface area contributed by atoms with Crippen LogP contribution in [-0.2, 0) is 0 Å². The zero-order valence-electron chi connectivity index (χ0n) is 12.3. The first-order valence-electron chi connectivity index (χ1n) is 8.18. The Morgan fingerprint density at radius 1 is 0.889 bits per heavy atom. The van der Waals surface area contributed by atoms with Gasteiger partial charge in [0.1, 0.15) is 0 Å². The minimum atomic E-state index is 0.905. The predicted octanol–water partition coefficient (Wildman–Crippen LogP) is 5.38. The summed E-state index contributed by atoms with van der Waals surface area (Å²) in [4.78, 5) is 2.74. The molecule has 0 saturated heterocycles. The molecule has 0 aromatic carbocycles. The molecule has 1 rings (SSSR count). The second kappa shape index (κ2) is 11.3. The van der Waals surface area contributed by atoms with Crippen molar-refractivity contribution in [2.75, 3.05) is 18.4 Å². The molecule has 1 saturated carbocycles. The van der Waals surface area contributed by atoms with Crippen molar-refractivity contribution in [3.05, 3.63) is 0 Å². The van der Waals surface area contributed by atoms with Gasteiger partial charge in [0, 0.05) is 17.9 Å². The van der Waals surface area contributed by atoms with Gasteiger partial charge in [-0.25, -0.2) is 0 Å². The van der Waals surface area contributed by atoms with Gasteiger partial charge in [0.2, 0.25) is 0 Å². The molecular formula is C16H32BrN. The Hall–Kier alpha value is 0.440. The molecule has 0 heterocycles. The molecule has 1 aliphatic carbocycles. The van der Waals surface area contributed by atoms with E-state index < -0.39 is 0 Å². The predicted molar refractivity (Wildman–Crippen MR) is 85.6 cm³/mol. The van der Waals surface area contributed by atoms with Gasteiger partial charge in [-0.1, -0.05) is 74.2 Å². The van der Waals surface area contributed by atoms with Crippen molar-refractivity contribution in [2.45, 2.75) is 83.6 Å². The zero-order valence-corrected chi connectivity index (χ0v) is 13.9. The fraction of sp³-hybridized carbons (Fsp3) is 1.00. The highest BCUT2D eigenvalue weighted by Crippen LogP contribution is 2.24. The summed E-state index contributed by atoms with van der Waals surface area (Å²) in [5.41, 5.74) is 0. The number of hydrogen-bond donors (Lipinski definition) is 0. The Morgan fingerprint density at radius 2 is 1.50 bits per heavy atom. The van der Waals surface area contributed by atoms with Crippen LogP contribution in [0.3, 0.4) is 0 Å². The second-order valence-electron chi connectivity index (χ2n) is 5.78. The van der Waals surface area contributed by atoms with Gasteiger partial charge < -0.3 is 0 Å². The van der Waals surface area contributed by atoms with Crippen LogP contribution in [0.1, 0.15) is 77.6 Å². The molecule has 0 spiro atoms. The lowest BCUT2D eigenvalue weighted by atomic mass is 10.1. The normalized spacial score (nSPS) is 16.8. The van der Waals surface area contributed by atoms with Crippen LogP contribution in [0, 0.1) is 0 Å². The van der Waals surface area contributed by atoms with Crippen molar-refractivity contribution in [3.8, 4) is 0 Å². The molecule has 0 N–H and O–H groups in total. The molecule has 18 heavy (non-hydrogen) atoms. The Labute approximate surface area is 123 Å². The topological polar surface area (TPSA) is 3.24 Å². The van der Waals surface area contributed by atoms with Gasteiger partial charge in [-0.3, -0.25) is 4.90 Å². The van der Waals surface area contributed by atoms with Crippen LogP contribution in [0.25, 0.3) is 0 Å². The maximum Gasteiger partial charge on any atom is 0.0159 e. The van der Waals surface area contributed by atoms with E-state index in [0.29, 0.717) is 0 Å². The van der Waals surface area contributed by atoms with Crippen LogP contribution in [0.5, 0.6) is 0 Å². The van der Waals surface area contributed by atoms with Crippen molar-refractivity contribution in [1.82, 2.24) is 4.90 Å². The molecule has 0 aromatic rings. The van der Waals surface area contributed by atoms with E-state index in [2.05, 4.69) is 27.8 Å². The molecular weight excluding hydrogens is 286 g/mol. The molecule has 1 fully saturated rings. The number of halogens is 1. The smallest absolute Gasteiger partial charge is 0.0159 e. The molecule has 0 aliphatic heterocycles. The van der Waals surface area contributed by atoms with Gasteiger partial charge >= 0.3 is 0 Å². The number of unbranched alkanes of at least 4 members (excludes halogenated alkanes) is 6. The quantitative estimate of drug-likeness (QED) is 0.365. The lowest BCUT2D eigenvalue weighted by molar-refractivity contribution is 0.206. The average molecular weight is 318 g/mol. The van der Waals surface area contributed by atoms with E-state index >= 15 is 0 Å². The largest absolute Gasteiger partial charge is 0.300 e. The van der Waals surface area contributed by atoms with Gasteiger partial charge in [0.15, 0.2) is 0 Å². The maximum atomic E-state index is 3.61. The molecule has 0 bridgehead atoms. The highest BCUT2D eigenvalue weighted by Gasteiger charge is 2.21. The third kappa shape index (κ3) is 7.13. The first kappa shape index (κ1) is 16.5. The molecule has 2 heteroatoms. The fourth-order valence-corrected chi connectivity index (χ4v) is 3.58. The van der Waals surface area contributed by atoms with Crippen LogP contribution in [-0.4, -0.2) is 29.4 Å². The molecule has 1 aliphatic rings. The van der Waals surface area contributed by atoms with Crippen LogP contribution < -0.4 is 0 Å². The van der Waals surface area contributed by atoms with E-state index in [-0.39, 0.29) is 0 Å². The Kier molecular flexibility index (Phi) is 10.3. The molecule has 108 valence electrons. The zero-order chi connectivity index (χ0) is 13.1. The number of rotatable bonds is 11. The van der Waals surface area contributed by atoms with Gasteiger partial charge in [0.25, 0.3) is 0 Å². The lowest BCUT2D eigenvalue weighted by Gasteiger charge is -2.28. The summed E-state index contributed by atoms with van der Waals surface area (Å²) in [5, 5.41) is 1.14. The SMILES string of the molecule is CCCCCCCCCN(CCBr)C1CCCC1. The van der Waals surface area contributed by atoms with Crippen LogP contribution in [0.2, 0.25) is 0 Å². The van der Waals surface area contributed by atoms with E-state index in [0.717, 1.165) is 11.4 Å². The molecule has 0 unspecified atom stereocenters. The van der Waals surface area contributed by atoms with Crippen molar-refractivity contribution >= 4 is 15.9 Å². The summed E-state index contributed by atoms with van der Waals surface area (Å²) in [6, 6.07) is 0.905. The van der Waals surface area contributed by atoms with E-state index in [1.54, 1.807) is 0 Å². The summed E-state index contributed by atoms with van der Waals surface area (Å²) in [5.74, 6) is 0. The third-order valence-electron chi connectivity index (χ3n) is 4.26. The third-order valence-corrected chi connectivity index (χ3v) is 4.62. The van der Waals surface area contributed by atoms with Gasteiger partial charge in [0.05, 0.1) is 0 Å². The Morgan fingerprint density at radius 3 is 2.11 bits per heavy atom. The number of nitrogens with zero attached hydrogens (tertiary/aromatic N) is 1. The van der Waals surface area contributed by atoms with E-state index in [9.17, 15) is 0 Å². The van der Waals surface area contributed by atoms with Crippen LogP contribution in [0.15, 0.2) is 0 Å². The second-order valence-corrected chi connectivity index (χ2v) is 6.58. The van der Waals surface area contributed by atoms with E-state index in [1.807, 2.05) is 0 Å². The van der Waals surface area contributed by atoms with Gasteiger partial charge in [-0.15, -0.1) is 0 Å². The lowest BCUT2D eigenvalue weighted by Crippen LogP contribution is -2.35. The van der Waals surface area contributed by atoms with Crippen molar-refractivity contribution < 1.29 is 0 Å². The molecule has 0 aromatic heterocycles. The maximum absolute atomic E-state index is 3.61. The fourth-order valence-electron chi connectivity index (χ4n) is 3.13. The average Bonchev–Trinajstić information content (AvgIpc) is 2.90. The minimum absolute atomic E-state index is 0.905. The highest BCUT2D eigenvalue weighted by molar-refractivity contribution is 9.09. The molecule has 0 amide bonds. The van der Waals surface area contributed by atoms with Crippen molar-refractivity contribution in [1.29, 1.82) is 0 Å². The molecule has 0 radical (unpaired) electrons. The summed E-state index contributed by atoms with van der Waals surface area (Å²) >= 11 is 3.61. The van der Waals surface area contributed by atoms with Crippen LogP contribution >= 0.6 is 15.9 Å². The van der Waals surface area contributed by atoms with E-state index in [4.69, 9.17) is 0 Å². The van der Waals surface area contributed by atoms with Gasteiger partial charge in [-0.2, -0.15) is 0 Å². The molecule has 0 atom stereocenters. The first-order valence-corrected chi connectivity index (χ1v) is 9.30. The monoisotopic (exact) mass is 317 g/mol. The summed E-state index contributed by atoms with van der Waals surface area (Å²) < 4.78 is 0. The minimum Gasteiger partial charge on any atom is -0.300 e. The Balaban J connectivity index is 2.02. The van der Waals surface area contributed by atoms with E-state index in [1.165, 1.54) is 83.7 Å². The van der Waals surface area contributed by atoms with Crippen molar-refractivity contribution in [3.63, 3.8) is 0 Å². The number of alkyl halides is 1. The summed E-state index contributed by atoms with van der Waals surface area (Å²) in [6.07, 6.45) is 15.8. The summed E-state index contributed by atoms with van der Waals surface area (Å²) in [7, 11) is 0. The molecule has 1 nitrogen and oxygen atoms in total.